The molecule has 170 valence electrons. The highest BCUT2D eigenvalue weighted by atomic mass is 16.2. The molecule has 3 N–H and O–H groups in total. The first kappa shape index (κ1) is 22.0. The van der Waals surface area contributed by atoms with E-state index in [2.05, 4.69) is 37.7 Å². The number of aliphatic imine (C=N–C) groups is 1. The average molecular weight is 447 g/mol. The summed E-state index contributed by atoms with van der Waals surface area (Å²) < 4.78 is 1.51. The summed E-state index contributed by atoms with van der Waals surface area (Å²) in [5.74, 6) is 1.15. The molecule has 1 aliphatic carbocycles. The highest BCUT2D eigenvalue weighted by Crippen LogP contribution is 2.22. The van der Waals surface area contributed by atoms with E-state index in [-0.39, 0.29) is 17.5 Å². The van der Waals surface area contributed by atoms with E-state index in [9.17, 15) is 9.59 Å². The minimum Gasteiger partial charge on any atom is -0.349 e. The lowest BCUT2D eigenvalue weighted by Crippen LogP contribution is -2.42. The molecule has 2 aliphatic rings. The number of hydrogen-bond acceptors (Lipinski definition) is 7. The van der Waals surface area contributed by atoms with E-state index in [1.54, 1.807) is 44.6 Å². The minimum absolute atomic E-state index is 0.195. The van der Waals surface area contributed by atoms with Crippen LogP contribution in [0.5, 0.6) is 0 Å². The van der Waals surface area contributed by atoms with Crippen molar-refractivity contribution >= 4 is 24.1 Å². The van der Waals surface area contributed by atoms with Gasteiger partial charge in [-0.05, 0) is 51.0 Å². The van der Waals surface area contributed by atoms with E-state index < -0.39 is 0 Å². The first-order chi connectivity index (χ1) is 15.9. The van der Waals surface area contributed by atoms with E-state index in [1.165, 1.54) is 9.58 Å². The van der Waals surface area contributed by atoms with Gasteiger partial charge in [-0.15, -0.1) is 0 Å². The lowest BCUT2D eigenvalue weighted by Gasteiger charge is -2.30. The summed E-state index contributed by atoms with van der Waals surface area (Å²) in [6.45, 7) is 7.19. The third kappa shape index (κ3) is 4.69. The fraction of sp³-hybridized carbons (Fsp3) is 0.261. The van der Waals surface area contributed by atoms with E-state index in [4.69, 9.17) is 0 Å². The minimum atomic E-state index is -0.251. The molecule has 10 heteroatoms. The number of nitrogens with one attached hydrogen (secondary N) is 3. The summed E-state index contributed by atoms with van der Waals surface area (Å²) >= 11 is 0. The van der Waals surface area contributed by atoms with Crippen LogP contribution < -0.4 is 21.5 Å². The highest BCUT2D eigenvalue weighted by molar-refractivity contribution is 5.99. The van der Waals surface area contributed by atoms with Gasteiger partial charge in [0.1, 0.15) is 17.3 Å². The molecule has 0 spiro atoms. The van der Waals surface area contributed by atoms with Crippen LogP contribution in [0.15, 0.2) is 74.8 Å². The summed E-state index contributed by atoms with van der Waals surface area (Å²) in [6, 6.07) is 7.35. The number of aromatic nitrogens is 2. The summed E-state index contributed by atoms with van der Waals surface area (Å²) in [4.78, 5) is 34.3. The van der Waals surface area contributed by atoms with Gasteiger partial charge in [0.25, 0.3) is 11.5 Å². The van der Waals surface area contributed by atoms with Crippen LogP contribution in [0.1, 0.15) is 25.5 Å². The normalized spacial score (nSPS) is 18.3. The molecule has 33 heavy (non-hydrogen) atoms. The summed E-state index contributed by atoms with van der Waals surface area (Å²) in [7, 11) is 1.62. The molecular formula is C23H26N8O2. The predicted molar refractivity (Wildman–Crippen MR) is 128 cm³/mol. The maximum Gasteiger partial charge on any atom is 0.278 e. The Bertz CT molecular complexity index is 1240. The number of nitrogens with zero attached hydrogens (tertiary/aromatic N) is 5. The molecule has 0 bridgehead atoms. The molecule has 1 fully saturated rings. The van der Waals surface area contributed by atoms with Crippen molar-refractivity contribution in [3.8, 4) is 5.69 Å². The third-order valence-electron chi connectivity index (χ3n) is 5.32. The number of hydrogen-bond donors (Lipinski definition) is 3. The Morgan fingerprint density at radius 2 is 2.09 bits per heavy atom. The van der Waals surface area contributed by atoms with Crippen molar-refractivity contribution < 1.29 is 4.79 Å². The largest absolute Gasteiger partial charge is 0.349 e. The van der Waals surface area contributed by atoms with Crippen LogP contribution in [0, 0.1) is 6.92 Å². The fourth-order valence-electron chi connectivity index (χ4n) is 3.31. The number of amidine groups is 1. The second-order valence-electron chi connectivity index (χ2n) is 7.82. The second-order valence-corrected chi connectivity index (χ2v) is 7.82. The van der Waals surface area contributed by atoms with Gasteiger partial charge in [0, 0.05) is 37.8 Å². The molecule has 1 amide bonds. The van der Waals surface area contributed by atoms with Gasteiger partial charge < -0.3 is 16.0 Å². The van der Waals surface area contributed by atoms with Crippen LogP contribution >= 0.6 is 0 Å². The zero-order valence-electron chi connectivity index (χ0n) is 18.8. The molecule has 10 nitrogen and oxygen atoms in total. The first-order valence-corrected chi connectivity index (χ1v) is 10.6. The molecule has 0 radical (unpaired) electrons. The number of hydrazone groups is 1. The van der Waals surface area contributed by atoms with Crippen LogP contribution in [0.3, 0.4) is 0 Å². The van der Waals surface area contributed by atoms with Crippen molar-refractivity contribution in [2.75, 3.05) is 12.4 Å². The number of amides is 1. The molecule has 0 saturated heterocycles. The maximum absolute atomic E-state index is 13.1. The highest BCUT2D eigenvalue weighted by Gasteiger charge is 2.29. The van der Waals surface area contributed by atoms with Crippen molar-refractivity contribution in [2.24, 2.45) is 10.1 Å². The van der Waals surface area contributed by atoms with Crippen molar-refractivity contribution in [2.45, 2.75) is 32.7 Å². The zero-order chi connectivity index (χ0) is 23.5. The Hall–Kier alpha value is -4.21. The van der Waals surface area contributed by atoms with Crippen molar-refractivity contribution in [1.82, 2.24) is 25.2 Å². The summed E-state index contributed by atoms with van der Waals surface area (Å²) in [5.41, 5.74) is 2.04. The van der Waals surface area contributed by atoms with Crippen LogP contribution in [-0.2, 0) is 4.79 Å². The lowest BCUT2D eigenvalue weighted by molar-refractivity contribution is -0.117. The van der Waals surface area contributed by atoms with Gasteiger partial charge in [-0.25, -0.2) is 0 Å². The third-order valence-corrected chi connectivity index (χ3v) is 5.32. The van der Waals surface area contributed by atoms with Gasteiger partial charge in [-0.3, -0.25) is 24.1 Å². The van der Waals surface area contributed by atoms with Crippen molar-refractivity contribution in [3.63, 3.8) is 0 Å². The standard InChI is InChI=1S/C23H26N8O2/c1-14-7-10-17(13-26-14)30-11-5-6-18(23(30)33)28-19-12-20(24-3)31(25-4)21(29-19)15(2)22(32)27-16-8-9-16/h5-7,10-13,16,28-29H,4,8-9H2,1-3H3,(H,27,32)/b21-15+,24-20?. The number of rotatable bonds is 6. The summed E-state index contributed by atoms with van der Waals surface area (Å²) in [6.07, 6.45) is 6.99. The number of anilines is 1. The van der Waals surface area contributed by atoms with Gasteiger partial charge in [-0.2, -0.15) is 10.1 Å². The zero-order valence-corrected chi connectivity index (χ0v) is 18.8. The van der Waals surface area contributed by atoms with E-state index in [0.29, 0.717) is 34.4 Å². The van der Waals surface area contributed by atoms with Gasteiger partial charge in [0.15, 0.2) is 5.84 Å². The lowest BCUT2D eigenvalue weighted by atomic mass is 10.2. The Balaban J connectivity index is 1.66. The maximum atomic E-state index is 13.1. The molecule has 3 heterocycles. The first-order valence-electron chi connectivity index (χ1n) is 10.6. The molecule has 1 saturated carbocycles. The monoisotopic (exact) mass is 446 g/mol. The predicted octanol–water partition coefficient (Wildman–Crippen LogP) is 1.85. The molecular weight excluding hydrogens is 420 g/mol. The number of carbonyl (C=O) groups excluding carboxylic acids is 1. The molecule has 0 aromatic carbocycles. The van der Waals surface area contributed by atoms with Crippen LogP contribution in [0.25, 0.3) is 5.69 Å². The van der Waals surface area contributed by atoms with Gasteiger partial charge in [-0.1, -0.05) is 0 Å². The topological polar surface area (TPSA) is 116 Å². The Morgan fingerprint density at radius 1 is 1.30 bits per heavy atom. The van der Waals surface area contributed by atoms with E-state index in [0.717, 1.165) is 18.5 Å². The summed E-state index contributed by atoms with van der Waals surface area (Å²) in [5, 5.41) is 14.7. The number of aryl methyl sites for hydroxylation is 1. The van der Waals surface area contributed by atoms with Crippen molar-refractivity contribution in [1.29, 1.82) is 0 Å². The Labute approximate surface area is 191 Å². The van der Waals surface area contributed by atoms with Gasteiger partial charge in [0.2, 0.25) is 0 Å². The van der Waals surface area contributed by atoms with Crippen LogP contribution in [0.4, 0.5) is 5.69 Å². The Morgan fingerprint density at radius 3 is 2.73 bits per heavy atom. The molecule has 0 atom stereocenters. The van der Waals surface area contributed by atoms with Gasteiger partial charge in [0.05, 0.1) is 17.5 Å². The molecule has 0 unspecified atom stereocenters. The second kappa shape index (κ2) is 9.11. The quantitative estimate of drug-likeness (QED) is 0.461. The molecule has 4 rings (SSSR count). The number of pyridine rings is 2. The SMILES string of the molecule is C=NN1C(=NC)C=C(Nc2cccn(-c3ccc(C)nc3)c2=O)N/C1=C(/C)C(=O)NC1CC1. The van der Waals surface area contributed by atoms with Crippen molar-refractivity contribution in [3.05, 3.63) is 76.0 Å². The molecule has 1 aliphatic heterocycles. The average Bonchev–Trinajstić information content (AvgIpc) is 3.64. The van der Waals surface area contributed by atoms with Gasteiger partial charge >= 0.3 is 0 Å². The van der Waals surface area contributed by atoms with Crippen LogP contribution in [-0.4, -0.2) is 46.1 Å². The smallest absolute Gasteiger partial charge is 0.278 e. The van der Waals surface area contributed by atoms with Crippen LogP contribution in [0.2, 0.25) is 0 Å². The number of carbonyl (C=O) groups is 1. The fourth-order valence-corrected chi connectivity index (χ4v) is 3.31. The molecule has 2 aromatic rings. The van der Waals surface area contributed by atoms with E-state index >= 15 is 0 Å². The Kier molecular flexibility index (Phi) is 6.07. The van der Waals surface area contributed by atoms with E-state index in [1.807, 2.05) is 19.1 Å². The molecule has 2 aromatic heterocycles.